The molecule has 3 aromatic carbocycles. The number of carbonyl (C=O) groups is 2. The van der Waals surface area contributed by atoms with Crippen molar-refractivity contribution in [3.05, 3.63) is 100 Å². The largest absolute Gasteiger partial charge is 0.468 e. The molecule has 0 radical (unpaired) electrons. The number of anilines is 2. The maximum Gasteiger partial charge on any atom is 0.416 e. The molecule has 0 amide bonds. The Bertz CT molecular complexity index is 1560. The van der Waals surface area contributed by atoms with Gasteiger partial charge in [0.2, 0.25) is 0 Å². The molecule has 0 saturated heterocycles. The van der Waals surface area contributed by atoms with E-state index in [-0.39, 0.29) is 31.0 Å². The number of Topliss-reactive ketones (excluding diaryl/α,β-unsaturated/α-hetero) is 1. The Kier molecular flexibility index (Phi) is 14.5. The summed E-state index contributed by atoms with van der Waals surface area (Å²) in [5.41, 5.74) is 2.52. The van der Waals surface area contributed by atoms with E-state index in [4.69, 9.17) is 5.11 Å². The van der Waals surface area contributed by atoms with Gasteiger partial charge in [-0.2, -0.15) is 13.2 Å². The highest BCUT2D eigenvalue weighted by atomic mass is 32.1. The monoisotopic (exact) mass is 671 g/mol. The molecule has 4 rings (SSSR count). The van der Waals surface area contributed by atoms with Gasteiger partial charge in [0.25, 0.3) is 0 Å². The number of carbonyl (C=O) groups excluding carboxylic acids is 2. The maximum absolute atomic E-state index is 13.2. The SMILES string of the molecule is CCCNC(CCO)C(=O)OC.Cc1sc(Nc2cccc(C(=O)C(CCO)c3ccccc3)c2)nc1-c1ccc(C(F)(F)F)cc1. The predicted molar refractivity (Wildman–Crippen MR) is 178 cm³/mol. The predicted octanol–water partition coefficient (Wildman–Crippen LogP) is 7.14. The Labute approximate surface area is 276 Å². The van der Waals surface area contributed by atoms with Crippen LogP contribution < -0.4 is 10.6 Å². The van der Waals surface area contributed by atoms with Gasteiger partial charge in [0.15, 0.2) is 10.9 Å². The van der Waals surface area contributed by atoms with Crippen molar-refractivity contribution in [1.29, 1.82) is 0 Å². The molecular weight excluding hydrogens is 631 g/mol. The van der Waals surface area contributed by atoms with Crippen LogP contribution >= 0.6 is 11.3 Å². The first-order valence-electron chi connectivity index (χ1n) is 15.2. The molecule has 0 saturated carbocycles. The first-order valence-corrected chi connectivity index (χ1v) is 16.0. The van der Waals surface area contributed by atoms with E-state index in [9.17, 15) is 27.9 Å². The fourth-order valence-electron chi connectivity index (χ4n) is 4.77. The number of esters is 1. The molecule has 0 aliphatic rings. The number of nitrogens with zero attached hydrogens (tertiary/aromatic N) is 1. The van der Waals surface area contributed by atoms with Crippen molar-refractivity contribution in [2.45, 2.75) is 51.2 Å². The number of alkyl halides is 3. The number of halogens is 3. The summed E-state index contributed by atoms with van der Waals surface area (Å²) in [5.74, 6) is -0.850. The molecule has 4 N–H and O–H groups in total. The van der Waals surface area contributed by atoms with Crippen molar-refractivity contribution in [3.63, 3.8) is 0 Å². The number of aromatic nitrogens is 1. The summed E-state index contributed by atoms with van der Waals surface area (Å²) < 4.78 is 43.1. The zero-order valence-corrected chi connectivity index (χ0v) is 27.3. The van der Waals surface area contributed by atoms with Crippen molar-refractivity contribution >= 4 is 33.9 Å². The standard InChI is InChI=1S/C27H23F3N2O2S.C8H17NO3/c1-17-24(19-10-12-21(13-11-19)27(28,29)30)32-26(35-17)31-22-9-5-8-20(16-22)25(34)23(14-15-33)18-6-3-2-4-7-18;1-3-5-9-7(4-6-10)8(11)12-2/h2-13,16,23,33H,14-15H2,1H3,(H,31,32);7,9-10H,3-6H2,1-2H3. The van der Waals surface area contributed by atoms with Gasteiger partial charge >= 0.3 is 12.1 Å². The van der Waals surface area contributed by atoms with Crippen LogP contribution in [0.1, 0.15) is 58.5 Å². The number of aliphatic hydroxyl groups is 2. The number of methoxy groups -OCH3 is 1. The molecule has 2 unspecified atom stereocenters. The number of ketones is 1. The van der Waals surface area contributed by atoms with Crippen molar-refractivity contribution in [3.8, 4) is 11.3 Å². The lowest BCUT2D eigenvalue weighted by Crippen LogP contribution is -2.38. The molecule has 8 nitrogen and oxygen atoms in total. The highest BCUT2D eigenvalue weighted by Gasteiger charge is 2.30. The second kappa shape index (κ2) is 18.3. The Morgan fingerprint density at radius 2 is 1.64 bits per heavy atom. The molecule has 47 heavy (non-hydrogen) atoms. The molecule has 12 heteroatoms. The van der Waals surface area contributed by atoms with Crippen LogP contribution in [0.4, 0.5) is 24.0 Å². The number of rotatable bonds is 14. The molecule has 0 fully saturated rings. The quantitative estimate of drug-likeness (QED) is 0.0825. The van der Waals surface area contributed by atoms with Crippen LogP contribution in [0, 0.1) is 6.92 Å². The molecule has 252 valence electrons. The Morgan fingerprint density at radius 3 is 2.23 bits per heavy atom. The molecule has 0 aliphatic heterocycles. The van der Waals surface area contributed by atoms with Gasteiger partial charge in [-0.1, -0.05) is 61.5 Å². The third kappa shape index (κ3) is 11.0. The lowest BCUT2D eigenvalue weighted by molar-refractivity contribution is -0.143. The van der Waals surface area contributed by atoms with Crippen LogP contribution in [0.25, 0.3) is 11.3 Å². The minimum atomic E-state index is -4.39. The highest BCUT2D eigenvalue weighted by molar-refractivity contribution is 7.16. The van der Waals surface area contributed by atoms with Crippen LogP contribution in [0.5, 0.6) is 0 Å². The van der Waals surface area contributed by atoms with E-state index in [1.54, 1.807) is 18.2 Å². The van der Waals surface area contributed by atoms with E-state index in [1.807, 2.05) is 50.2 Å². The summed E-state index contributed by atoms with van der Waals surface area (Å²) >= 11 is 1.38. The average Bonchev–Trinajstić information content (AvgIpc) is 3.44. The number of ether oxygens (including phenoxy) is 1. The number of benzene rings is 3. The van der Waals surface area contributed by atoms with E-state index in [2.05, 4.69) is 20.4 Å². The number of nitrogens with one attached hydrogen (secondary N) is 2. The summed E-state index contributed by atoms with van der Waals surface area (Å²) in [6.07, 6.45) is -2.70. The summed E-state index contributed by atoms with van der Waals surface area (Å²) in [6.45, 7) is 4.53. The number of aryl methyl sites for hydroxylation is 1. The van der Waals surface area contributed by atoms with Crippen molar-refractivity contribution in [2.24, 2.45) is 0 Å². The summed E-state index contributed by atoms with van der Waals surface area (Å²) in [6, 6.07) is 21.0. The van der Waals surface area contributed by atoms with Crippen LogP contribution in [0.3, 0.4) is 0 Å². The lowest BCUT2D eigenvalue weighted by Gasteiger charge is -2.16. The molecule has 2 atom stereocenters. The van der Waals surface area contributed by atoms with E-state index in [1.165, 1.54) is 30.6 Å². The molecular formula is C35H40F3N3O5S. The third-order valence-corrected chi connectivity index (χ3v) is 8.05. The number of thiazole rings is 1. The first-order chi connectivity index (χ1) is 22.5. The van der Waals surface area contributed by atoms with E-state index in [0.29, 0.717) is 40.5 Å². The number of hydrogen-bond acceptors (Lipinski definition) is 9. The van der Waals surface area contributed by atoms with Crippen LogP contribution in [-0.4, -0.2) is 59.9 Å². The highest BCUT2D eigenvalue weighted by Crippen LogP contribution is 2.35. The first kappa shape index (κ1) is 37.4. The second-order valence-electron chi connectivity index (χ2n) is 10.6. The zero-order valence-electron chi connectivity index (χ0n) is 26.5. The molecule has 0 spiro atoms. The molecule has 0 bridgehead atoms. The smallest absolute Gasteiger partial charge is 0.416 e. The van der Waals surface area contributed by atoms with Gasteiger partial charge in [-0.25, -0.2) is 4.98 Å². The van der Waals surface area contributed by atoms with Gasteiger partial charge in [0.1, 0.15) is 6.04 Å². The Morgan fingerprint density at radius 1 is 0.957 bits per heavy atom. The second-order valence-corrected chi connectivity index (χ2v) is 11.8. The van der Waals surface area contributed by atoms with Crippen LogP contribution in [0.15, 0.2) is 78.9 Å². The van der Waals surface area contributed by atoms with Gasteiger partial charge in [-0.05, 0) is 62.6 Å². The Hall–Kier alpha value is -4.10. The fraction of sp³-hybridized carbons (Fsp3) is 0.343. The van der Waals surface area contributed by atoms with E-state index in [0.717, 1.165) is 35.5 Å². The molecule has 1 aromatic heterocycles. The summed E-state index contributed by atoms with van der Waals surface area (Å²) in [7, 11) is 1.35. The fourth-order valence-corrected chi connectivity index (χ4v) is 5.62. The maximum atomic E-state index is 13.2. The van der Waals surface area contributed by atoms with Gasteiger partial charge in [-0.15, -0.1) is 11.3 Å². The van der Waals surface area contributed by atoms with Gasteiger partial charge in [0.05, 0.1) is 18.4 Å². The van der Waals surface area contributed by atoms with Gasteiger partial charge < -0.3 is 25.6 Å². The van der Waals surface area contributed by atoms with Crippen molar-refractivity contribution < 1.29 is 37.7 Å². The normalized spacial score (nSPS) is 12.4. The van der Waals surface area contributed by atoms with Gasteiger partial charge in [0, 0.05) is 40.8 Å². The number of aliphatic hydroxyl groups excluding tert-OH is 2. The van der Waals surface area contributed by atoms with Gasteiger partial charge in [-0.3, -0.25) is 9.59 Å². The summed E-state index contributed by atoms with van der Waals surface area (Å²) in [4.78, 5) is 29.7. The minimum absolute atomic E-state index is 0.00349. The van der Waals surface area contributed by atoms with E-state index >= 15 is 0 Å². The lowest BCUT2D eigenvalue weighted by atomic mass is 9.88. The average molecular weight is 672 g/mol. The summed E-state index contributed by atoms with van der Waals surface area (Å²) in [5, 5.41) is 24.9. The molecule has 0 aliphatic carbocycles. The van der Waals surface area contributed by atoms with Crippen molar-refractivity contribution in [2.75, 3.05) is 32.2 Å². The van der Waals surface area contributed by atoms with Crippen LogP contribution in [0.2, 0.25) is 0 Å². The van der Waals surface area contributed by atoms with Crippen LogP contribution in [-0.2, 0) is 15.7 Å². The third-order valence-electron chi connectivity index (χ3n) is 7.16. The molecule has 1 heterocycles. The topological polar surface area (TPSA) is 121 Å². The molecule has 4 aromatic rings. The van der Waals surface area contributed by atoms with E-state index < -0.39 is 17.7 Å². The minimum Gasteiger partial charge on any atom is -0.468 e. The zero-order chi connectivity index (χ0) is 34.4. The number of hydrogen-bond donors (Lipinski definition) is 4. The Balaban J connectivity index is 0.000000426. The van der Waals surface area contributed by atoms with Crippen molar-refractivity contribution in [1.82, 2.24) is 10.3 Å².